The maximum atomic E-state index is 11.1. The van der Waals surface area contributed by atoms with Gasteiger partial charge in [-0.2, -0.15) is 0 Å². The Morgan fingerprint density at radius 3 is 2.53 bits per heavy atom. The Labute approximate surface area is 100 Å². The molecular formula is C8H15Cl2N3O2. The molecule has 88 valence electrons. The third kappa shape index (κ3) is 4.51. The molecule has 3 N–H and O–H groups in total. The number of H-pyrrole nitrogens is 1. The average Bonchev–Trinajstić information content (AvgIpc) is 2.10. The van der Waals surface area contributed by atoms with Gasteiger partial charge in [0.2, 0.25) is 5.88 Å². The number of hydrogen-bond donors (Lipinski definition) is 3. The van der Waals surface area contributed by atoms with Gasteiger partial charge in [-0.05, 0) is 14.0 Å². The lowest BCUT2D eigenvalue weighted by Gasteiger charge is -2.01. The quantitative estimate of drug-likeness (QED) is 0.731. The van der Waals surface area contributed by atoms with Gasteiger partial charge in [0, 0.05) is 13.0 Å². The van der Waals surface area contributed by atoms with E-state index < -0.39 is 0 Å². The number of aromatic hydroxyl groups is 1. The van der Waals surface area contributed by atoms with Gasteiger partial charge in [0.05, 0.1) is 5.56 Å². The fraction of sp³-hybridized carbons (Fsp3) is 0.500. The maximum Gasteiger partial charge on any atom is 0.257 e. The van der Waals surface area contributed by atoms with Crippen LogP contribution in [-0.2, 0) is 6.42 Å². The van der Waals surface area contributed by atoms with Gasteiger partial charge in [0.25, 0.3) is 5.56 Å². The summed E-state index contributed by atoms with van der Waals surface area (Å²) in [5.41, 5.74) is -0.0215. The van der Waals surface area contributed by atoms with Crippen LogP contribution in [0.1, 0.15) is 11.4 Å². The van der Waals surface area contributed by atoms with Crippen LogP contribution < -0.4 is 10.9 Å². The molecule has 0 saturated heterocycles. The minimum atomic E-state index is -0.279. The molecule has 5 nitrogen and oxygen atoms in total. The number of rotatable bonds is 3. The standard InChI is InChI=1S/C8H13N3O2.2ClH/c1-5-7(12)10-6(3-4-9-2)11-8(5)13;;/h9H,3-4H2,1-2H3,(H2,10,11,12,13);2*1H. The molecule has 0 aliphatic carbocycles. The van der Waals surface area contributed by atoms with Gasteiger partial charge in [-0.25, -0.2) is 4.98 Å². The summed E-state index contributed by atoms with van der Waals surface area (Å²) >= 11 is 0. The molecule has 0 bridgehead atoms. The first kappa shape index (κ1) is 16.6. The van der Waals surface area contributed by atoms with Crippen LogP contribution in [0.4, 0.5) is 0 Å². The van der Waals surface area contributed by atoms with Crippen LogP contribution in [0.3, 0.4) is 0 Å². The summed E-state index contributed by atoms with van der Waals surface area (Å²) in [5, 5.41) is 12.2. The van der Waals surface area contributed by atoms with Gasteiger partial charge in [0.15, 0.2) is 0 Å². The third-order valence-corrected chi connectivity index (χ3v) is 1.79. The zero-order chi connectivity index (χ0) is 9.84. The number of nitrogens with zero attached hydrogens (tertiary/aromatic N) is 1. The van der Waals surface area contributed by atoms with Gasteiger partial charge < -0.3 is 15.4 Å². The minimum absolute atomic E-state index is 0. The molecule has 0 aliphatic rings. The van der Waals surface area contributed by atoms with E-state index in [4.69, 9.17) is 0 Å². The molecule has 0 radical (unpaired) electrons. The highest BCUT2D eigenvalue weighted by Crippen LogP contribution is 2.05. The van der Waals surface area contributed by atoms with Crippen molar-refractivity contribution in [1.29, 1.82) is 0 Å². The van der Waals surface area contributed by atoms with E-state index in [0.29, 0.717) is 18.8 Å². The highest BCUT2D eigenvalue weighted by atomic mass is 35.5. The topological polar surface area (TPSA) is 78.0 Å². The summed E-state index contributed by atoms with van der Waals surface area (Å²) in [5.74, 6) is 0.317. The Morgan fingerprint density at radius 2 is 2.07 bits per heavy atom. The van der Waals surface area contributed by atoms with Gasteiger partial charge in [-0.15, -0.1) is 24.8 Å². The fourth-order valence-electron chi connectivity index (χ4n) is 0.928. The molecule has 0 amide bonds. The molecule has 1 heterocycles. The second-order valence-corrected chi connectivity index (χ2v) is 2.81. The third-order valence-electron chi connectivity index (χ3n) is 1.79. The van der Waals surface area contributed by atoms with Crippen molar-refractivity contribution in [3.8, 4) is 5.88 Å². The summed E-state index contributed by atoms with van der Waals surface area (Å²) in [6.07, 6.45) is 0.597. The van der Waals surface area contributed by atoms with Crippen LogP contribution in [0.15, 0.2) is 4.79 Å². The fourth-order valence-corrected chi connectivity index (χ4v) is 0.928. The van der Waals surface area contributed by atoms with Crippen molar-refractivity contribution in [3.05, 3.63) is 21.7 Å². The van der Waals surface area contributed by atoms with Crippen LogP contribution >= 0.6 is 24.8 Å². The molecule has 15 heavy (non-hydrogen) atoms. The van der Waals surface area contributed by atoms with Gasteiger partial charge >= 0.3 is 0 Å². The second kappa shape index (κ2) is 7.50. The van der Waals surface area contributed by atoms with E-state index >= 15 is 0 Å². The SMILES string of the molecule is CNCCc1nc(O)c(C)c(=O)[nH]1.Cl.Cl. The Hall–Kier alpha value is -0.780. The van der Waals surface area contributed by atoms with Crippen LogP contribution in [0, 0.1) is 6.92 Å². The highest BCUT2D eigenvalue weighted by molar-refractivity contribution is 5.85. The van der Waals surface area contributed by atoms with Crippen molar-refractivity contribution in [2.45, 2.75) is 13.3 Å². The van der Waals surface area contributed by atoms with Gasteiger partial charge in [-0.1, -0.05) is 0 Å². The lowest BCUT2D eigenvalue weighted by Crippen LogP contribution is -2.18. The van der Waals surface area contributed by atoms with E-state index in [0.717, 1.165) is 0 Å². The van der Waals surface area contributed by atoms with E-state index in [1.54, 1.807) is 0 Å². The Morgan fingerprint density at radius 1 is 1.47 bits per heavy atom. The van der Waals surface area contributed by atoms with Crippen molar-refractivity contribution in [2.75, 3.05) is 13.6 Å². The lowest BCUT2D eigenvalue weighted by molar-refractivity contribution is 0.442. The summed E-state index contributed by atoms with van der Waals surface area (Å²) < 4.78 is 0. The second-order valence-electron chi connectivity index (χ2n) is 2.81. The smallest absolute Gasteiger partial charge is 0.257 e. The Bertz CT molecular complexity index is 354. The minimum Gasteiger partial charge on any atom is -0.493 e. The van der Waals surface area contributed by atoms with Gasteiger partial charge in [0.1, 0.15) is 5.82 Å². The molecule has 0 fully saturated rings. The molecule has 1 aromatic heterocycles. The van der Waals surface area contributed by atoms with Crippen molar-refractivity contribution >= 4 is 24.8 Å². The molecule has 0 spiro atoms. The van der Waals surface area contributed by atoms with E-state index in [1.807, 2.05) is 7.05 Å². The number of likely N-dealkylation sites (N-methyl/N-ethyl adjacent to an activating group) is 1. The first-order valence-electron chi connectivity index (χ1n) is 4.08. The molecule has 7 heteroatoms. The van der Waals surface area contributed by atoms with Crippen molar-refractivity contribution in [2.24, 2.45) is 0 Å². The number of aromatic amines is 1. The summed E-state index contributed by atoms with van der Waals surface area (Å²) in [6, 6.07) is 0. The largest absolute Gasteiger partial charge is 0.493 e. The molecule has 0 aliphatic heterocycles. The molecular weight excluding hydrogens is 241 g/mol. The first-order valence-corrected chi connectivity index (χ1v) is 4.08. The number of nitrogens with one attached hydrogen (secondary N) is 2. The summed E-state index contributed by atoms with van der Waals surface area (Å²) in [4.78, 5) is 17.6. The van der Waals surface area contributed by atoms with Crippen LogP contribution in [0.25, 0.3) is 0 Å². The molecule has 1 aromatic rings. The zero-order valence-corrected chi connectivity index (χ0v) is 10.2. The Kier molecular flexibility index (Phi) is 8.33. The van der Waals surface area contributed by atoms with E-state index in [2.05, 4.69) is 15.3 Å². The molecule has 0 unspecified atom stereocenters. The molecule has 0 saturated carbocycles. The molecule has 1 rings (SSSR count). The normalized spacial score (nSPS) is 8.93. The summed E-state index contributed by atoms with van der Waals surface area (Å²) in [7, 11) is 1.81. The first-order chi connectivity index (χ1) is 6.15. The van der Waals surface area contributed by atoms with E-state index in [9.17, 15) is 9.90 Å². The maximum absolute atomic E-state index is 11.1. The van der Waals surface area contributed by atoms with Gasteiger partial charge in [-0.3, -0.25) is 4.79 Å². The van der Waals surface area contributed by atoms with Crippen LogP contribution in [0.2, 0.25) is 0 Å². The van der Waals surface area contributed by atoms with Crippen LogP contribution in [0.5, 0.6) is 5.88 Å². The average molecular weight is 256 g/mol. The van der Waals surface area contributed by atoms with Crippen LogP contribution in [-0.4, -0.2) is 28.7 Å². The number of aromatic nitrogens is 2. The van der Waals surface area contributed by atoms with Crippen molar-refractivity contribution in [3.63, 3.8) is 0 Å². The van der Waals surface area contributed by atoms with Crippen molar-refractivity contribution < 1.29 is 5.11 Å². The number of halogens is 2. The van der Waals surface area contributed by atoms with Crippen molar-refractivity contribution in [1.82, 2.24) is 15.3 Å². The lowest BCUT2D eigenvalue weighted by atomic mass is 10.3. The monoisotopic (exact) mass is 255 g/mol. The predicted molar refractivity (Wildman–Crippen MR) is 63.4 cm³/mol. The predicted octanol–water partition coefficient (Wildman–Crippen LogP) is 0.389. The van der Waals surface area contributed by atoms with E-state index in [-0.39, 0.29) is 41.8 Å². The number of hydrogen-bond acceptors (Lipinski definition) is 4. The highest BCUT2D eigenvalue weighted by Gasteiger charge is 2.04. The molecule has 0 atom stereocenters. The Balaban J connectivity index is 0. The zero-order valence-electron chi connectivity index (χ0n) is 8.53. The van der Waals surface area contributed by atoms with E-state index in [1.165, 1.54) is 6.92 Å². The molecule has 0 aromatic carbocycles. The summed E-state index contributed by atoms with van der Waals surface area (Å²) in [6.45, 7) is 2.24.